The normalized spacial score (nSPS) is 29.4. The van der Waals surface area contributed by atoms with Crippen LogP contribution in [0.25, 0.3) is 5.57 Å². The molecule has 0 amide bonds. The molecule has 9 atom stereocenters. The lowest BCUT2D eigenvalue weighted by Gasteiger charge is -2.58. The van der Waals surface area contributed by atoms with E-state index in [1.807, 2.05) is 0 Å². The number of carboxylic acids is 2. The zero-order valence-corrected chi connectivity index (χ0v) is 36.6. The highest BCUT2D eigenvalue weighted by atomic mass is 35.5. The average molecular weight is 862 g/mol. The number of hydrogen-bond acceptors (Lipinski definition) is 7. The van der Waals surface area contributed by atoms with Gasteiger partial charge in [0.15, 0.2) is 0 Å². The van der Waals surface area contributed by atoms with E-state index in [0.717, 1.165) is 48.6 Å². The molecular formula is C45H59Cl2O10P. The minimum absolute atomic E-state index is 0.000328. The molecule has 6 rings (SSSR count). The van der Waals surface area contributed by atoms with E-state index >= 15 is 0 Å². The summed E-state index contributed by atoms with van der Waals surface area (Å²) < 4.78 is 24.6. The third-order valence-corrected chi connectivity index (χ3v) is 16.1. The van der Waals surface area contributed by atoms with Crippen LogP contribution >= 0.6 is 31.0 Å². The lowest BCUT2D eigenvalue weighted by Crippen LogP contribution is -2.51. The van der Waals surface area contributed by atoms with Crippen LogP contribution in [0.3, 0.4) is 0 Å². The Bertz CT molecular complexity index is 1940. The first-order valence-corrected chi connectivity index (χ1v) is 23.1. The average Bonchev–Trinajstić information content (AvgIpc) is 3.51. The quantitative estimate of drug-likeness (QED) is 0.0659. The summed E-state index contributed by atoms with van der Waals surface area (Å²) in [4.78, 5) is 34.6. The number of fused-ring (bicyclic) bond motifs is 5. The maximum atomic E-state index is 13.3. The highest BCUT2D eigenvalue weighted by Gasteiger charge is 2.59. The molecule has 0 aliphatic heterocycles. The van der Waals surface area contributed by atoms with Gasteiger partial charge in [-0.15, -0.1) is 0 Å². The molecule has 2 unspecified atom stereocenters. The van der Waals surface area contributed by atoms with Gasteiger partial charge in [-0.1, -0.05) is 94.8 Å². The lowest BCUT2D eigenvalue weighted by molar-refractivity contribution is -0.0573. The van der Waals surface area contributed by atoms with E-state index in [4.69, 9.17) is 32.2 Å². The number of aromatic hydroxyl groups is 2. The fraction of sp³-hybridized carbons (Fsp3) is 0.600. The number of carboxylic acid groups (broad SMARTS) is 2. The molecule has 4 aliphatic carbocycles. The number of allylic oxidation sites excluding steroid dienone is 1. The van der Waals surface area contributed by atoms with Crippen LogP contribution in [0.15, 0.2) is 42.0 Å². The van der Waals surface area contributed by atoms with E-state index in [0.29, 0.717) is 30.1 Å². The summed E-state index contributed by atoms with van der Waals surface area (Å²) in [7, 11) is -4.51. The number of phosphoric acid groups is 1. The molecule has 0 spiro atoms. The van der Waals surface area contributed by atoms with Crippen LogP contribution in [0, 0.1) is 46.3 Å². The van der Waals surface area contributed by atoms with Crippen molar-refractivity contribution in [3.63, 3.8) is 0 Å². The van der Waals surface area contributed by atoms with Crippen molar-refractivity contribution in [2.75, 3.05) is 6.61 Å². The van der Waals surface area contributed by atoms with Crippen molar-refractivity contribution in [2.45, 2.75) is 118 Å². The Kier molecular flexibility index (Phi) is 13.6. The van der Waals surface area contributed by atoms with Crippen molar-refractivity contribution in [1.29, 1.82) is 0 Å². The maximum Gasteiger partial charge on any atom is 0.472 e. The summed E-state index contributed by atoms with van der Waals surface area (Å²) in [6.07, 6.45) is 15.8. The predicted octanol–water partition coefficient (Wildman–Crippen LogP) is 12.2. The Morgan fingerprint density at radius 1 is 0.897 bits per heavy atom. The number of phosphoric ester groups is 1. The number of aromatic carboxylic acids is 2. The summed E-state index contributed by atoms with van der Waals surface area (Å²) in [5.41, 5.74) is 1.36. The lowest BCUT2D eigenvalue weighted by atomic mass is 9.47. The van der Waals surface area contributed by atoms with Gasteiger partial charge in [0.05, 0.1) is 22.8 Å². The van der Waals surface area contributed by atoms with Crippen LogP contribution in [0.4, 0.5) is 0 Å². The Balaban J connectivity index is 1.12. The number of hydrogen-bond donors (Lipinski definition) is 5. The van der Waals surface area contributed by atoms with Crippen molar-refractivity contribution in [3.8, 4) is 11.5 Å². The minimum atomic E-state index is -4.51. The first-order chi connectivity index (χ1) is 27.3. The molecule has 5 N–H and O–H groups in total. The molecule has 2 aromatic carbocycles. The fourth-order valence-electron chi connectivity index (χ4n) is 11.6. The van der Waals surface area contributed by atoms with Gasteiger partial charge in [-0.05, 0) is 145 Å². The number of carbonyl (C=O) groups is 2. The van der Waals surface area contributed by atoms with Crippen molar-refractivity contribution < 1.29 is 48.5 Å². The van der Waals surface area contributed by atoms with Crippen LogP contribution in [-0.4, -0.2) is 50.0 Å². The summed E-state index contributed by atoms with van der Waals surface area (Å²) in [5.74, 6) is 0.112. The molecule has 318 valence electrons. The van der Waals surface area contributed by atoms with Gasteiger partial charge in [0.2, 0.25) is 0 Å². The van der Waals surface area contributed by atoms with Crippen molar-refractivity contribution in [1.82, 2.24) is 0 Å². The molecule has 0 radical (unpaired) electrons. The highest BCUT2D eigenvalue weighted by molar-refractivity contribution is 7.47. The van der Waals surface area contributed by atoms with Crippen molar-refractivity contribution in [2.24, 2.45) is 46.3 Å². The zero-order valence-electron chi connectivity index (χ0n) is 34.2. The second-order valence-corrected chi connectivity index (χ2v) is 20.5. The fourth-order valence-corrected chi connectivity index (χ4v) is 13.0. The molecule has 10 nitrogen and oxygen atoms in total. The van der Waals surface area contributed by atoms with Gasteiger partial charge in [-0.3, -0.25) is 9.05 Å². The van der Waals surface area contributed by atoms with Crippen LogP contribution in [0.1, 0.15) is 144 Å². The minimum Gasteiger partial charge on any atom is -0.505 e. The third-order valence-electron chi connectivity index (χ3n) is 14.5. The summed E-state index contributed by atoms with van der Waals surface area (Å²) >= 11 is 12.4. The molecule has 4 aliphatic rings. The van der Waals surface area contributed by atoms with Crippen LogP contribution in [0.2, 0.25) is 10.0 Å². The number of rotatable bonds is 15. The molecule has 58 heavy (non-hydrogen) atoms. The van der Waals surface area contributed by atoms with E-state index in [1.165, 1.54) is 68.7 Å². The van der Waals surface area contributed by atoms with Crippen molar-refractivity contribution in [3.05, 3.63) is 74.3 Å². The molecule has 13 heteroatoms. The second-order valence-electron chi connectivity index (χ2n) is 18.3. The molecule has 0 saturated heterocycles. The van der Waals surface area contributed by atoms with Crippen molar-refractivity contribution >= 4 is 48.5 Å². The van der Waals surface area contributed by atoms with Gasteiger partial charge in [0.1, 0.15) is 22.6 Å². The van der Waals surface area contributed by atoms with E-state index in [9.17, 15) is 39.5 Å². The summed E-state index contributed by atoms with van der Waals surface area (Å²) in [6.45, 7) is 11.9. The van der Waals surface area contributed by atoms with E-state index in [2.05, 4.69) is 40.7 Å². The maximum absolute atomic E-state index is 13.3. The first kappa shape index (κ1) is 44.7. The molecular weight excluding hydrogens is 802 g/mol. The highest BCUT2D eigenvalue weighted by Crippen LogP contribution is 2.68. The van der Waals surface area contributed by atoms with E-state index in [1.54, 1.807) is 0 Å². The number of phenols is 2. The molecule has 0 aromatic heterocycles. The Labute approximate surface area is 352 Å². The van der Waals surface area contributed by atoms with Crippen LogP contribution < -0.4 is 0 Å². The summed E-state index contributed by atoms with van der Waals surface area (Å²) in [6, 6.07) is 4.90. The van der Waals surface area contributed by atoms with Gasteiger partial charge in [0.25, 0.3) is 0 Å². The Hall–Kier alpha value is -2.85. The molecule has 3 fully saturated rings. The topological polar surface area (TPSA) is 171 Å². The monoisotopic (exact) mass is 860 g/mol. The van der Waals surface area contributed by atoms with E-state index in [-0.39, 0.29) is 45.2 Å². The van der Waals surface area contributed by atoms with Gasteiger partial charge in [-0.25, -0.2) is 14.2 Å². The third kappa shape index (κ3) is 9.08. The van der Waals surface area contributed by atoms with Crippen LogP contribution in [-0.2, 0) is 13.6 Å². The second kappa shape index (κ2) is 17.6. The predicted molar refractivity (Wildman–Crippen MR) is 226 cm³/mol. The number of benzene rings is 2. The van der Waals surface area contributed by atoms with Gasteiger partial charge in [-0.2, -0.15) is 0 Å². The first-order valence-electron chi connectivity index (χ1n) is 20.8. The van der Waals surface area contributed by atoms with Gasteiger partial charge < -0.3 is 25.3 Å². The number of halogens is 2. The summed E-state index contributed by atoms with van der Waals surface area (Å²) in [5, 5.41) is 39.3. The zero-order chi connectivity index (χ0) is 42.3. The van der Waals surface area contributed by atoms with Gasteiger partial charge in [0, 0.05) is 0 Å². The standard InChI is InChI=1S/C45H59Cl2O10P/c1-25(2)8-6-9-26(3)35-13-14-36-32-12-11-29-24-30(15-17-44(29,4)37(32)16-18-45(35,36)5)57-58(54,55)56-19-7-10-31(27-20-33(42(50)51)40(48)38(46)22-27)28-21-34(43(52)53)41(49)39(47)23-28/h10-11,20-23,25-26,30,32,35-37,48-49H,6-9,12-19,24H2,1-5H3,(H,50,51)(H,52,53)(H,54,55)/t26-,30?,32+,35-,36+,37+,44+,45-/m1/s1. The Morgan fingerprint density at radius 2 is 1.52 bits per heavy atom. The molecule has 0 heterocycles. The molecule has 2 aromatic rings. The van der Waals surface area contributed by atoms with Gasteiger partial charge >= 0.3 is 19.8 Å². The largest absolute Gasteiger partial charge is 0.505 e. The Morgan fingerprint density at radius 3 is 2.10 bits per heavy atom. The molecule has 0 bridgehead atoms. The SMILES string of the molecule is CC(C)CCC[C@@H](C)[C@H]1CC[C@H]2[C@@H]3CC=C4CC(OP(=O)(O)OCCC=C(c5cc(Cl)c(O)c(C(=O)O)c5)c5cc(Cl)c(O)c(C(=O)O)c5)CC[C@]4(C)[C@H]3CC[C@]12C. The molecule has 3 saturated carbocycles. The van der Waals surface area contributed by atoms with E-state index < -0.39 is 48.5 Å². The smallest absolute Gasteiger partial charge is 0.472 e. The van der Waals surface area contributed by atoms with Crippen LogP contribution in [0.5, 0.6) is 11.5 Å².